The monoisotopic (exact) mass is 284 g/mol. The van der Waals surface area contributed by atoms with Crippen LogP contribution in [0.5, 0.6) is 0 Å². The molecule has 0 aliphatic rings. The Morgan fingerprint density at radius 2 is 1.78 bits per heavy atom. The number of hydrogen-bond donors (Lipinski definition) is 0. The summed E-state index contributed by atoms with van der Waals surface area (Å²) in [4.78, 5) is 11.6. The van der Waals surface area contributed by atoms with Gasteiger partial charge in [-0.1, -0.05) is 18.2 Å². The Labute approximate surface area is 147 Å². The normalized spacial score (nSPS) is 11.7. The molecule has 0 aromatic heterocycles. The Hall–Kier alpha value is 0.181. The molecule has 0 atom stereocenters. The van der Waals surface area contributed by atoms with Crippen LogP contribution in [0.25, 0.3) is 0 Å². The summed E-state index contributed by atoms with van der Waals surface area (Å²) in [6.07, 6.45) is 0. The van der Waals surface area contributed by atoms with Gasteiger partial charge in [-0.2, -0.15) is 0 Å². The molecule has 1 rings (SSSR count). The third-order valence-electron chi connectivity index (χ3n) is 1.90. The van der Waals surface area contributed by atoms with Crippen LogP contribution in [0.15, 0.2) is 24.3 Å². The van der Waals surface area contributed by atoms with Crippen LogP contribution in [0.2, 0.25) is 0 Å². The molecule has 7 heteroatoms. The number of carbonyl (C=O) groups excluding carboxylic acids is 1. The minimum absolute atomic E-state index is 0. The summed E-state index contributed by atoms with van der Waals surface area (Å²) >= 11 is 0. The van der Waals surface area contributed by atoms with Crippen molar-refractivity contribution in [1.82, 2.24) is 0 Å². The quantitative estimate of drug-likeness (QED) is 0.550. The number of esters is 1. The van der Waals surface area contributed by atoms with Crippen molar-refractivity contribution < 1.29 is 73.9 Å². The van der Waals surface area contributed by atoms with Crippen LogP contribution in [0.3, 0.4) is 0 Å². The van der Waals surface area contributed by atoms with E-state index in [0.717, 1.165) is 12.1 Å². The summed E-state index contributed by atoms with van der Waals surface area (Å²) in [6.45, 7) is -0.132. The van der Waals surface area contributed by atoms with Gasteiger partial charge in [-0.25, -0.2) is 4.79 Å². The van der Waals surface area contributed by atoms with Crippen molar-refractivity contribution in [3.63, 3.8) is 0 Å². The largest absolute Gasteiger partial charge is 1.00 e. The third-order valence-corrected chi connectivity index (χ3v) is 1.90. The molecule has 0 amide bonds. The van der Waals surface area contributed by atoms with Crippen molar-refractivity contribution in [1.29, 1.82) is 0 Å². The first-order valence-electron chi connectivity index (χ1n) is 5.13. The van der Waals surface area contributed by atoms with E-state index < -0.39 is 24.0 Å². The maximum absolute atomic E-state index is 12.5. The van der Waals surface area contributed by atoms with E-state index in [9.17, 15) is 17.7 Å². The van der Waals surface area contributed by atoms with E-state index in [1.807, 2.05) is 0 Å². The van der Waals surface area contributed by atoms with Crippen LogP contribution in [-0.2, 0) is 4.74 Å². The fourth-order valence-corrected chi connectivity index (χ4v) is 1.21. The number of rotatable bonds is 2. The standard InChI is InChI=1S/C11H13BF3O2.K/c1-11(2,3)17-10(16)8-5-4-6-9(7-8)12(13,14)15;/h4-7H,1-3H3;/q-1;+1. The fourth-order valence-electron chi connectivity index (χ4n) is 1.21. The molecule has 0 radical (unpaired) electrons. The molecular weight excluding hydrogens is 271 g/mol. The van der Waals surface area contributed by atoms with Crippen molar-refractivity contribution in [2.75, 3.05) is 0 Å². The molecule has 2 nitrogen and oxygen atoms in total. The molecule has 0 fully saturated rings. The molecule has 0 saturated carbocycles. The molecule has 0 unspecified atom stereocenters. The van der Waals surface area contributed by atoms with Gasteiger partial charge in [0.2, 0.25) is 0 Å². The minimum Gasteiger partial charge on any atom is -0.456 e. The maximum atomic E-state index is 12.5. The SMILES string of the molecule is CC(C)(C)OC(=O)c1cccc([B-](F)(F)F)c1.[K+]. The molecule has 1 aromatic carbocycles. The molecule has 18 heavy (non-hydrogen) atoms. The van der Waals surface area contributed by atoms with Crippen LogP contribution in [-0.4, -0.2) is 18.5 Å². The zero-order valence-corrected chi connectivity index (χ0v) is 14.0. The van der Waals surface area contributed by atoms with Gasteiger partial charge in [-0.3, -0.25) is 0 Å². The molecule has 0 heterocycles. The van der Waals surface area contributed by atoms with Gasteiger partial charge in [0.05, 0.1) is 5.56 Å². The van der Waals surface area contributed by atoms with Crippen molar-refractivity contribution in [3.8, 4) is 0 Å². The van der Waals surface area contributed by atoms with Crippen LogP contribution in [0, 0.1) is 0 Å². The second-order valence-electron chi connectivity index (χ2n) is 4.70. The number of ether oxygens (including phenoxy) is 1. The molecule has 1 aromatic rings. The molecule has 0 aliphatic carbocycles. The van der Waals surface area contributed by atoms with Gasteiger partial charge in [0.25, 0.3) is 0 Å². The maximum Gasteiger partial charge on any atom is 1.00 e. The summed E-state index contributed by atoms with van der Waals surface area (Å²) in [5, 5.41) is 0. The average Bonchev–Trinajstić information content (AvgIpc) is 2.14. The summed E-state index contributed by atoms with van der Waals surface area (Å²) in [7, 11) is 0. The summed E-state index contributed by atoms with van der Waals surface area (Å²) in [6, 6.07) is 4.26. The number of carbonyl (C=O) groups is 1. The van der Waals surface area contributed by atoms with Crippen LogP contribution >= 0.6 is 0 Å². The van der Waals surface area contributed by atoms with Gasteiger partial charge in [0.15, 0.2) is 0 Å². The molecule has 94 valence electrons. The predicted octanol–water partition coefficient (Wildman–Crippen LogP) is -0.300. The Balaban J connectivity index is 0.00000289. The van der Waals surface area contributed by atoms with Crippen LogP contribution < -0.4 is 56.8 Å². The first-order valence-corrected chi connectivity index (χ1v) is 5.13. The zero-order valence-electron chi connectivity index (χ0n) is 10.8. The van der Waals surface area contributed by atoms with E-state index >= 15 is 0 Å². The summed E-state index contributed by atoms with van der Waals surface area (Å²) < 4.78 is 42.4. The third kappa shape index (κ3) is 5.88. The number of benzene rings is 1. The zero-order chi connectivity index (χ0) is 13.3. The first-order chi connectivity index (χ1) is 7.59. The number of hydrogen-bond acceptors (Lipinski definition) is 2. The van der Waals surface area contributed by atoms with Crippen molar-refractivity contribution in [3.05, 3.63) is 29.8 Å². The Bertz CT molecular complexity index is 427. The summed E-state index contributed by atoms with van der Waals surface area (Å²) in [5.41, 5.74) is -1.61. The van der Waals surface area contributed by atoms with Gasteiger partial charge in [0.1, 0.15) is 5.60 Å². The van der Waals surface area contributed by atoms with E-state index in [0.29, 0.717) is 0 Å². The summed E-state index contributed by atoms with van der Waals surface area (Å²) in [5.74, 6) is -0.751. The smallest absolute Gasteiger partial charge is 0.456 e. The Kier molecular flexibility index (Phi) is 6.63. The van der Waals surface area contributed by atoms with Crippen LogP contribution in [0.4, 0.5) is 12.9 Å². The van der Waals surface area contributed by atoms with E-state index in [1.54, 1.807) is 20.8 Å². The Morgan fingerprint density at radius 1 is 1.22 bits per heavy atom. The molecule has 0 saturated heterocycles. The van der Waals surface area contributed by atoms with Gasteiger partial charge in [-0.05, 0) is 26.8 Å². The molecular formula is C11H13BF3KO2. The predicted molar refractivity (Wildman–Crippen MR) is 60.3 cm³/mol. The molecule has 0 spiro atoms. The molecule has 0 aliphatic heterocycles. The number of halogens is 3. The second-order valence-corrected chi connectivity index (χ2v) is 4.70. The van der Waals surface area contributed by atoms with Crippen molar-refractivity contribution >= 4 is 18.4 Å². The van der Waals surface area contributed by atoms with Crippen molar-refractivity contribution in [2.24, 2.45) is 0 Å². The van der Waals surface area contributed by atoms with Gasteiger partial charge in [-0.15, -0.1) is 5.46 Å². The van der Waals surface area contributed by atoms with Gasteiger partial charge < -0.3 is 17.7 Å². The van der Waals surface area contributed by atoms with Gasteiger partial charge >= 0.3 is 64.3 Å². The first kappa shape index (κ1) is 18.2. The average molecular weight is 284 g/mol. The van der Waals surface area contributed by atoms with Crippen LogP contribution in [0.1, 0.15) is 31.1 Å². The molecule has 0 bridgehead atoms. The van der Waals surface area contributed by atoms with Crippen molar-refractivity contribution in [2.45, 2.75) is 26.4 Å². The minimum atomic E-state index is -5.10. The van der Waals surface area contributed by atoms with E-state index in [4.69, 9.17) is 4.74 Å². The van der Waals surface area contributed by atoms with Gasteiger partial charge in [0, 0.05) is 0 Å². The van der Waals surface area contributed by atoms with E-state index in [2.05, 4.69) is 0 Å². The van der Waals surface area contributed by atoms with E-state index in [-0.39, 0.29) is 56.9 Å². The Morgan fingerprint density at radius 3 is 2.22 bits per heavy atom. The fraction of sp³-hybridized carbons (Fsp3) is 0.364. The topological polar surface area (TPSA) is 26.3 Å². The molecule has 0 N–H and O–H groups in total. The second kappa shape index (κ2) is 6.56. The van der Waals surface area contributed by atoms with E-state index in [1.165, 1.54) is 12.1 Å².